The molecule has 4 aromatic rings. The van der Waals surface area contributed by atoms with Crippen LogP contribution in [0.25, 0.3) is 11.1 Å². The molecule has 3 N–H and O–H groups in total. The van der Waals surface area contributed by atoms with Crippen molar-refractivity contribution in [3.05, 3.63) is 106 Å². The number of rotatable bonds is 13. The van der Waals surface area contributed by atoms with Crippen molar-refractivity contribution >= 4 is 5.97 Å². The SMILES string of the molecule is Cc1cc(CNC[C@@H](O)CC(=O)O)c(OCc2ccc(F)c(C#N)c2)cc1OCc1cccc(-c2ccc3c(c2)OCCO3)c1C. The average Bonchev–Trinajstić information content (AvgIpc) is 3.04. The van der Waals surface area contributed by atoms with E-state index in [0.29, 0.717) is 36.9 Å². The molecule has 1 aliphatic rings. The fourth-order valence-electron chi connectivity index (χ4n) is 5.23. The first-order valence-electron chi connectivity index (χ1n) is 14.9. The Balaban J connectivity index is 1.35. The molecule has 0 amide bonds. The molecule has 4 aromatic carbocycles. The molecule has 10 heteroatoms. The van der Waals surface area contributed by atoms with Crippen LogP contribution in [0.1, 0.15) is 39.8 Å². The second-order valence-electron chi connectivity index (χ2n) is 11.1. The van der Waals surface area contributed by atoms with Crippen molar-refractivity contribution in [3.8, 4) is 40.2 Å². The first-order chi connectivity index (χ1) is 22.2. The molecular formula is C36H35FN2O7. The van der Waals surface area contributed by atoms with Gasteiger partial charge in [0.2, 0.25) is 0 Å². The number of fused-ring (bicyclic) bond motifs is 1. The summed E-state index contributed by atoms with van der Waals surface area (Å²) in [7, 11) is 0. The second-order valence-corrected chi connectivity index (χ2v) is 11.1. The number of nitrogens with one attached hydrogen (secondary N) is 1. The van der Waals surface area contributed by atoms with E-state index >= 15 is 0 Å². The topological polar surface area (TPSA) is 130 Å². The van der Waals surface area contributed by atoms with E-state index in [1.165, 1.54) is 12.1 Å². The molecule has 0 spiro atoms. The summed E-state index contributed by atoms with van der Waals surface area (Å²) >= 11 is 0. The van der Waals surface area contributed by atoms with E-state index in [2.05, 4.69) is 18.3 Å². The second kappa shape index (κ2) is 14.8. The normalized spacial score (nSPS) is 12.7. The highest BCUT2D eigenvalue weighted by Crippen LogP contribution is 2.37. The van der Waals surface area contributed by atoms with Gasteiger partial charge in [-0.15, -0.1) is 0 Å². The number of nitrogens with zero attached hydrogens (tertiary/aromatic N) is 1. The van der Waals surface area contributed by atoms with Gasteiger partial charge < -0.3 is 34.5 Å². The Bertz CT molecular complexity index is 1770. The van der Waals surface area contributed by atoms with Crippen molar-refractivity contribution in [2.45, 2.75) is 46.1 Å². The van der Waals surface area contributed by atoms with Crippen LogP contribution in [0.2, 0.25) is 0 Å². The number of ether oxygens (including phenoxy) is 4. The molecule has 5 rings (SSSR count). The van der Waals surface area contributed by atoms with E-state index in [4.69, 9.17) is 24.1 Å². The Kier molecular flexibility index (Phi) is 10.4. The Morgan fingerprint density at radius 1 is 0.978 bits per heavy atom. The summed E-state index contributed by atoms with van der Waals surface area (Å²) in [5.41, 5.74) is 6.29. The van der Waals surface area contributed by atoms with Crippen molar-refractivity contribution in [1.29, 1.82) is 5.26 Å². The lowest BCUT2D eigenvalue weighted by atomic mass is 9.96. The van der Waals surface area contributed by atoms with Crippen LogP contribution >= 0.6 is 0 Å². The number of hydrogen-bond acceptors (Lipinski definition) is 8. The molecule has 0 unspecified atom stereocenters. The van der Waals surface area contributed by atoms with Crippen molar-refractivity contribution in [3.63, 3.8) is 0 Å². The van der Waals surface area contributed by atoms with E-state index < -0.39 is 17.9 Å². The summed E-state index contributed by atoms with van der Waals surface area (Å²) in [4.78, 5) is 10.9. The average molecular weight is 627 g/mol. The molecule has 0 saturated heterocycles. The number of nitriles is 1. The van der Waals surface area contributed by atoms with Crippen LogP contribution < -0.4 is 24.3 Å². The number of carboxylic acids is 1. The third kappa shape index (κ3) is 7.93. The van der Waals surface area contributed by atoms with Gasteiger partial charge in [0, 0.05) is 24.7 Å². The molecule has 0 aliphatic carbocycles. The molecule has 9 nitrogen and oxygen atoms in total. The first-order valence-corrected chi connectivity index (χ1v) is 14.9. The summed E-state index contributed by atoms with van der Waals surface area (Å²) in [6.45, 7) is 5.75. The van der Waals surface area contributed by atoms with Gasteiger partial charge >= 0.3 is 5.97 Å². The van der Waals surface area contributed by atoms with Crippen LogP contribution in [0.4, 0.5) is 4.39 Å². The number of benzene rings is 4. The number of hydrogen-bond donors (Lipinski definition) is 3. The minimum Gasteiger partial charge on any atom is -0.488 e. The molecular weight excluding hydrogens is 591 g/mol. The maximum Gasteiger partial charge on any atom is 0.306 e. The van der Waals surface area contributed by atoms with Crippen LogP contribution in [0.3, 0.4) is 0 Å². The Morgan fingerprint density at radius 3 is 2.54 bits per heavy atom. The molecule has 0 bridgehead atoms. The molecule has 0 saturated carbocycles. The highest BCUT2D eigenvalue weighted by Gasteiger charge is 2.16. The van der Waals surface area contributed by atoms with E-state index in [1.54, 1.807) is 12.1 Å². The Hall–Kier alpha value is -5.11. The number of carboxylic acid groups (broad SMARTS) is 1. The minimum absolute atomic E-state index is 0.0721. The summed E-state index contributed by atoms with van der Waals surface area (Å²) in [5.74, 6) is 0.870. The number of halogens is 1. The number of aliphatic hydroxyl groups is 1. The zero-order valence-corrected chi connectivity index (χ0v) is 25.6. The van der Waals surface area contributed by atoms with E-state index in [-0.39, 0.29) is 31.7 Å². The quantitative estimate of drug-likeness (QED) is 0.168. The predicted molar refractivity (Wildman–Crippen MR) is 169 cm³/mol. The summed E-state index contributed by atoms with van der Waals surface area (Å²) in [5, 5.41) is 31.2. The summed E-state index contributed by atoms with van der Waals surface area (Å²) < 4.78 is 37.8. The predicted octanol–water partition coefficient (Wildman–Crippen LogP) is 5.84. The van der Waals surface area contributed by atoms with Crippen molar-refractivity contribution < 1.29 is 38.3 Å². The number of aryl methyl sites for hydroxylation is 1. The van der Waals surface area contributed by atoms with Gasteiger partial charge in [0.05, 0.1) is 18.1 Å². The van der Waals surface area contributed by atoms with Gasteiger partial charge in [-0.2, -0.15) is 5.26 Å². The molecule has 46 heavy (non-hydrogen) atoms. The Labute approximate surface area is 266 Å². The monoisotopic (exact) mass is 626 g/mol. The molecule has 0 radical (unpaired) electrons. The molecule has 1 aliphatic heterocycles. The standard InChI is InChI=1S/C36H35FN2O7/c1-22-12-28(18-39-19-29(40)15-36(41)42)34(45-20-24-6-8-31(37)27(13-24)17-38)16-33(22)46-21-26-4-3-5-30(23(26)2)25-7-9-32-35(14-25)44-11-10-43-32/h3-9,12-14,16,29,39-40H,10-11,15,18-21H2,1-2H3,(H,41,42)/t29-/m0/s1. The highest BCUT2D eigenvalue weighted by atomic mass is 19.1. The third-order valence-electron chi connectivity index (χ3n) is 7.69. The molecule has 0 fully saturated rings. The largest absolute Gasteiger partial charge is 0.488 e. The molecule has 1 atom stereocenters. The van der Waals surface area contributed by atoms with Crippen molar-refractivity contribution in [2.75, 3.05) is 19.8 Å². The van der Waals surface area contributed by atoms with Crippen molar-refractivity contribution in [2.24, 2.45) is 0 Å². The van der Waals surface area contributed by atoms with Crippen LogP contribution in [0, 0.1) is 31.0 Å². The van der Waals surface area contributed by atoms with E-state index in [1.807, 2.05) is 49.4 Å². The van der Waals surface area contributed by atoms with Crippen LogP contribution in [0.15, 0.2) is 66.7 Å². The lowest BCUT2D eigenvalue weighted by Crippen LogP contribution is -2.28. The van der Waals surface area contributed by atoms with Gasteiger partial charge in [0.15, 0.2) is 11.5 Å². The van der Waals surface area contributed by atoms with Crippen molar-refractivity contribution in [1.82, 2.24) is 5.32 Å². The van der Waals surface area contributed by atoms with Gasteiger partial charge in [-0.1, -0.05) is 30.3 Å². The van der Waals surface area contributed by atoms with E-state index in [9.17, 15) is 19.6 Å². The lowest BCUT2D eigenvalue weighted by Gasteiger charge is -2.20. The highest BCUT2D eigenvalue weighted by molar-refractivity contribution is 5.71. The smallest absolute Gasteiger partial charge is 0.306 e. The van der Waals surface area contributed by atoms with Crippen LogP contribution in [-0.4, -0.2) is 42.0 Å². The first kappa shape index (κ1) is 32.3. The number of aliphatic hydroxyl groups excluding tert-OH is 1. The van der Waals surface area contributed by atoms with Crippen LogP contribution in [0.5, 0.6) is 23.0 Å². The fourth-order valence-corrected chi connectivity index (χ4v) is 5.23. The lowest BCUT2D eigenvalue weighted by molar-refractivity contribution is -0.139. The molecule has 1 heterocycles. The van der Waals surface area contributed by atoms with E-state index in [0.717, 1.165) is 44.9 Å². The molecule has 238 valence electrons. The van der Waals surface area contributed by atoms with Gasteiger partial charge in [-0.05, 0) is 77.6 Å². The van der Waals surface area contributed by atoms with Gasteiger partial charge in [-0.3, -0.25) is 4.79 Å². The number of aliphatic carboxylic acids is 1. The third-order valence-corrected chi connectivity index (χ3v) is 7.69. The summed E-state index contributed by atoms with van der Waals surface area (Å²) in [6.07, 6.45) is -1.42. The maximum atomic E-state index is 13.9. The van der Waals surface area contributed by atoms with Gasteiger partial charge in [0.1, 0.15) is 49.8 Å². The molecule has 0 aromatic heterocycles. The van der Waals surface area contributed by atoms with Crippen LogP contribution in [-0.2, 0) is 24.6 Å². The number of carbonyl (C=O) groups is 1. The zero-order chi connectivity index (χ0) is 32.6. The zero-order valence-electron chi connectivity index (χ0n) is 25.6. The van der Waals surface area contributed by atoms with Gasteiger partial charge in [0.25, 0.3) is 0 Å². The fraction of sp³-hybridized carbons (Fsp3) is 0.278. The Morgan fingerprint density at radius 2 is 1.76 bits per heavy atom. The summed E-state index contributed by atoms with van der Waals surface area (Å²) in [6, 6.07) is 21.8. The minimum atomic E-state index is -1.08. The van der Waals surface area contributed by atoms with Gasteiger partial charge in [-0.25, -0.2) is 4.39 Å². The maximum absolute atomic E-state index is 13.9.